The molecule has 78 valence electrons. The molecule has 3 unspecified atom stereocenters. The van der Waals surface area contributed by atoms with Crippen molar-refractivity contribution in [3.63, 3.8) is 0 Å². The molecular formula is C10H16N2O2. The number of nitrogens with one attached hydrogen (secondary N) is 2. The van der Waals surface area contributed by atoms with Crippen LogP contribution in [0.2, 0.25) is 0 Å². The summed E-state index contributed by atoms with van der Waals surface area (Å²) in [5, 5.41) is 5.51. The fourth-order valence-electron chi connectivity index (χ4n) is 2.03. The van der Waals surface area contributed by atoms with Crippen molar-refractivity contribution in [2.75, 3.05) is 6.54 Å². The van der Waals surface area contributed by atoms with Crippen LogP contribution >= 0.6 is 0 Å². The smallest absolute Gasteiger partial charge is 0.242 e. The number of hydrogen-bond acceptors (Lipinski definition) is 2. The van der Waals surface area contributed by atoms with E-state index in [0.29, 0.717) is 12.5 Å². The Bertz CT molecular complexity index is 265. The van der Waals surface area contributed by atoms with Gasteiger partial charge in [0, 0.05) is 12.5 Å². The van der Waals surface area contributed by atoms with Crippen LogP contribution in [0.25, 0.3) is 0 Å². The van der Waals surface area contributed by atoms with Crippen molar-refractivity contribution in [2.45, 2.75) is 32.2 Å². The van der Waals surface area contributed by atoms with Gasteiger partial charge in [-0.15, -0.1) is 0 Å². The fraction of sp³-hybridized carbons (Fsp3) is 0.800. The molecule has 3 atom stereocenters. The minimum absolute atomic E-state index is 0.0351. The third-order valence-electron chi connectivity index (χ3n) is 3.15. The van der Waals surface area contributed by atoms with Gasteiger partial charge in [0.2, 0.25) is 11.8 Å². The first kappa shape index (κ1) is 9.49. The Labute approximate surface area is 83.4 Å². The predicted molar refractivity (Wildman–Crippen MR) is 51.4 cm³/mol. The summed E-state index contributed by atoms with van der Waals surface area (Å²) in [6.07, 6.45) is 2.79. The van der Waals surface area contributed by atoms with Crippen molar-refractivity contribution >= 4 is 11.8 Å². The zero-order chi connectivity index (χ0) is 10.1. The third-order valence-corrected chi connectivity index (χ3v) is 3.15. The number of carbonyl (C=O) groups is 2. The fourth-order valence-corrected chi connectivity index (χ4v) is 2.03. The molecule has 1 aliphatic carbocycles. The molecule has 0 spiro atoms. The van der Waals surface area contributed by atoms with E-state index in [0.717, 1.165) is 19.3 Å². The van der Waals surface area contributed by atoms with Crippen LogP contribution in [0.3, 0.4) is 0 Å². The minimum Gasteiger partial charge on any atom is -0.354 e. The molecule has 1 saturated heterocycles. The molecular weight excluding hydrogens is 180 g/mol. The molecule has 1 saturated carbocycles. The Hall–Kier alpha value is -1.06. The summed E-state index contributed by atoms with van der Waals surface area (Å²) in [5.74, 6) is 0.763. The van der Waals surface area contributed by atoms with Crippen molar-refractivity contribution in [3.05, 3.63) is 0 Å². The van der Waals surface area contributed by atoms with E-state index in [1.165, 1.54) is 0 Å². The molecule has 0 aromatic heterocycles. The van der Waals surface area contributed by atoms with Crippen LogP contribution in [0.15, 0.2) is 0 Å². The van der Waals surface area contributed by atoms with E-state index in [1.54, 1.807) is 0 Å². The van der Waals surface area contributed by atoms with Gasteiger partial charge in [-0.05, 0) is 18.8 Å². The molecule has 2 amide bonds. The maximum Gasteiger partial charge on any atom is 0.242 e. The predicted octanol–water partition coefficient (Wildman–Crippen LogP) is 0.0372. The van der Waals surface area contributed by atoms with Crippen LogP contribution in [-0.4, -0.2) is 24.4 Å². The standard InChI is InChI=1S/C10H16N2O2/c1-2-6-5-7(6)9(13)12-8-3-4-11-10(8)14/h6-8H,2-5H2,1H3,(H,11,14)(H,12,13). The Kier molecular flexibility index (Phi) is 2.44. The SMILES string of the molecule is CCC1CC1C(=O)NC1CCNC1=O. The second-order valence-electron chi connectivity index (χ2n) is 4.15. The molecule has 1 heterocycles. The highest BCUT2D eigenvalue weighted by molar-refractivity contribution is 5.90. The van der Waals surface area contributed by atoms with Gasteiger partial charge in [0.05, 0.1) is 0 Å². The van der Waals surface area contributed by atoms with E-state index < -0.39 is 0 Å². The summed E-state index contributed by atoms with van der Waals surface area (Å²) in [7, 11) is 0. The molecule has 2 rings (SSSR count). The number of rotatable bonds is 3. The molecule has 0 bridgehead atoms. The van der Waals surface area contributed by atoms with Crippen LogP contribution in [0.4, 0.5) is 0 Å². The van der Waals surface area contributed by atoms with E-state index in [4.69, 9.17) is 0 Å². The molecule has 2 aliphatic rings. The van der Waals surface area contributed by atoms with E-state index in [1.807, 2.05) is 0 Å². The first-order valence-corrected chi connectivity index (χ1v) is 5.30. The lowest BCUT2D eigenvalue weighted by atomic mass is 10.2. The monoisotopic (exact) mass is 196 g/mol. The molecule has 14 heavy (non-hydrogen) atoms. The third kappa shape index (κ3) is 1.74. The Balaban J connectivity index is 1.80. The van der Waals surface area contributed by atoms with Gasteiger partial charge >= 0.3 is 0 Å². The normalized spacial score (nSPS) is 35.2. The van der Waals surface area contributed by atoms with E-state index in [2.05, 4.69) is 17.6 Å². The summed E-state index contributed by atoms with van der Waals surface area (Å²) in [6, 6.07) is -0.277. The summed E-state index contributed by atoms with van der Waals surface area (Å²) >= 11 is 0. The van der Waals surface area contributed by atoms with Crippen LogP contribution in [-0.2, 0) is 9.59 Å². The van der Waals surface area contributed by atoms with E-state index in [9.17, 15) is 9.59 Å². The highest BCUT2D eigenvalue weighted by Gasteiger charge is 2.42. The molecule has 4 heteroatoms. The summed E-state index contributed by atoms with van der Waals surface area (Å²) in [5.41, 5.74) is 0. The average Bonchev–Trinajstić information content (AvgIpc) is 2.87. The van der Waals surface area contributed by atoms with Gasteiger partial charge in [-0.1, -0.05) is 13.3 Å². The quantitative estimate of drug-likeness (QED) is 0.669. The van der Waals surface area contributed by atoms with Crippen LogP contribution in [0.1, 0.15) is 26.2 Å². The van der Waals surface area contributed by atoms with Gasteiger partial charge in [0.25, 0.3) is 0 Å². The zero-order valence-electron chi connectivity index (χ0n) is 8.38. The van der Waals surface area contributed by atoms with E-state index >= 15 is 0 Å². The summed E-state index contributed by atoms with van der Waals surface area (Å²) in [4.78, 5) is 22.8. The van der Waals surface area contributed by atoms with Crippen LogP contribution in [0.5, 0.6) is 0 Å². The largest absolute Gasteiger partial charge is 0.354 e. The Morgan fingerprint density at radius 3 is 2.93 bits per heavy atom. The summed E-state index contributed by atoms with van der Waals surface area (Å²) in [6.45, 7) is 2.78. The summed E-state index contributed by atoms with van der Waals surface area (Å²) < 4.78 is 0. The Morgan fingerprint density at radius 2 is 2.43 bits per heavy atom. The lowest BCUT2D eigenvalue weighted by Gasteiger charge is -2.09. The maximum atomic E-state index is 11.6. The Morgan fingerprint density at radius 1 is 1.64 bits per heavy atom. The lowest BCUT2D eigenvalue weighted by molar-refractivity contribution is -0.128. The molecule has 4 nitrogen and oxygen atoms in total. The van der Waals surface area contributed by atoms with Crippen molar-refractivity contribution in [2.24, 2.45) is 11.8 Å². The highest BCUT2D eigenvalue weighted by atomic mass is 16.2. The molecule has 0 radical (unpaired) electrons. The van der Waals surface area contributed by atoms with Gasteiger partial charge in [-0.25, -0.2) is 0 Å². The maximum absolute atomic E-state index is 11.6. The van der Waals surface area contributed by atoms with Crippen LogP contribution in [0, 0.1) is 11.8 Å². The molecule has 2 fully saturated rings. The van der Waals surface area contributed by atoms with Gasteiger partial charge in [-0.3, -0.25) is 9.59 Å². The molecule has 2 N–H and O–H groups in total. The highest BCUT2D eigenvalue weighted by Crippen LogP contribution is 2.41. The lowest BCUT2D eigenvalue weighted by Crippen LogP contribution is -2.41. The second-order valence-corrected chi connectivity index (χ2v) is 4.15. The van der Waals surface area contributed by atoms with Crippen molar-refractivity contribution < 1.29 is 9.59 Å². The van der Waals surface area contributed by atoms with Crippen molar-refractivity contribution in [3.8, 4) is 0 Å². The number of hydrogen-bond donors (Lipinski definition) is 2. The topological polar surface area (TPSA) is 58.2 Å². The van der Waals surface area contributed by atoms with Gasteiger partial charge in [-0.2, -0.15) is 0 Å². The second kappa shape index (κ2) is 3.59. The average molecular weight is 196 g/mol. The number of amides is 2. The first-order chi connectivity index (χ1) is 6.72. The van der Waals surface area contributed by atoms with E-state index in [-0.39, 0.29) is 23.8 Å². The molecule has 0 aromatic rings. The molecule has 1 aliphatic heterocycles. The van der Waals surface area contributed by atoms with Gasteiger partial charge in [0.1, 0.15) is 6.04 Å². The minimum atomic E-state index is -0.277. The van der Waals surface area contributed by atoms with Gasteiger partial charge in [0.15, 0.2) is 0 Å². The molecule has 0 aromatic carbocycles. The number of carbonyl (C=O) groups excluding carboxylic acids is 2. The first-order valence-electron chi connectivity index (χ1n) is 5.30. The van der Waals surface area contributed by atoms with Crippen LogP contribution < -0.4 is 10.6 Å². The van der Waals surface area contributed by atoms with Crippen molar-refractivity contribution in [1.29, 1.82) is 0 Å². The van der Waals surface area contributed by atoms with Gasteiger partial charge < -0.3 is 10.6 Å². The van der Waals surface area contributed by atoms with Crippen molar-refractivity contribution in [1.82, 2.24) is 10.6 Å². The zero-order valence-corrected chi connectivity index (χ0v) is 8.38.